The van der Waals surface area contributed by atoms with E-state index in [-0.39, 0.29) is 6.61 Å². The highest BCUT2D eigenvalue weighted by molar-refractivity contribution is 5.14. The lowest BCUT2D eigenvalue weighted by Gasteiger charge is -2.47. The van der Waals surface area contributed by atoms with Crippen molar-refractivity contribution in [1.29, 1.82) is 0 Å². The molecule has 0 bridgehead atoms. The predicted octanol–water partition coefficient (Wildman–Crippen LogP) is 1.76. The van der Waals surface area contributed by atoms with E-state index in [4.69, 9.17) is 28.4 Å². The Balaban J connectivity index is 1.57. The predicted molar refractivity (Wildman–Crippen MR) is 129 cm³/mol. The van der Waals surface area contributed by atoms with E-state index in [9.17, 15) is 15.3 Å². The Bertz CT molecular complexity index is 914. The smallest absolute Gasteiger partial charge is 0.187 e. The van der Waals surface area contributed by atoms with Crippen molar-refractivity contribution in [2.24, 2.45) is 0 Å². The second-order valence-corrected chi connectivity index (χ2v) is 9.25. The van der Waals surface area contributed by atoms with Crippen molar-refractivity contribution in [3.63, 3.8) is 0 Å². The summed E-state index contributed by atoms with van der Waals surface area (Å²) < 4.78 is 36.2. The minimum Gasteiger partial charge on any atom is -0.388 e. The maximum Gasteiger partial charge on any atom is 0.187 e. The average molecular weight is 505 g/mol. The van der Waals surface area contributed by atoms with Crippen molar-refractivity contribution in [3.05, 3.63) is 71.8 Å². The highest BCUT2D eigenvalue weighted by Crippen LogP contribution is 2.33. The van der Waals surface area contributed by atoms with Crippen LogP contribution in [-0.2, 0) is 41.6 Å². The molecule has 2 heterocycles. The van der Waals surface area contributed by atoms with E-state index < -0.39 is 61.4 Å². The zero-order chi connectivity index (χ0) is 25.7. The van der Waals surface area contributed by atoms with Gasteiger partial charge in [0.15, 0.2) is 12.6 Å². The zero-order valence-corrected chi connectivity index (χ0v) is 20.8. The molecule has 10 unspecified atom stereocenters. The van der Waals surface area contributed by atoms with Crippen molar-refractivity contribution in [3.8, 4) is 0 Å². The molecule has 0 aliphatic carbocycles. The molecule has 3 N–H and O–H groups in total. The number of ether oxygens (including phenoxy) is 6. The molecule has 9 nitrogen and oxygen atoms in total. The van der Waals surface area contributed by atoms with Gasteiger partial charge < -0.3 is 43.7 Å². The Morgan fingerprint density at radius 1 is 0.639 bits per heavy atom. The molecule has 2 aliphatic rings. The lowest BCUT2D eigenvalue weighted by atomic mass is 9.97. The monoisotopic (exact) mass is 504 g/mol. The fourth-order valence-corrected chi connectivity index (χ4v) is 4.53. The summed E-state index contributed by atoms with van der Waals surface area (Å²) in [6, 6.07) is 19.4. The normalized spacial score (nSPS) is 37.1. The summed E-state index contributed by atoms with van der Waals surface area (Å²) in [5, 5.41) is 30.9. The molecular formula is C27H36O9. The van der Waals surface area contributed by atoms with Gasteiger partial charge in [-0.15, -0.1) is 0 Å². The molecule has 2 aromatic rings. The molecule has 2 aliphatic heterocycles. The summed E-state index contributed by atoms with van der Waals surface area (Å²) in [7, 11) is 1.54. The van der Waals surface area contributed by atoms with Gasteiger partial charge in [-0.3, -0.25) is 0 Å². The van der Waals surface area contributed by atoms with E-state index in [2.05, 4.69) is 0 Å². The van der Waals surface area contributed by atoms with E-state index in [0.29, 0.717) is 6.61 Å². The third kappa shape index (κ3) is 6.31. The molecule has 4 rings (SSSR count). The molecule has 2 aromatic carbocycles. The number of hydrogen-bond acceptors (Lipinski definition) is 9. The first-order chi connectivity index (χ1) is 17.4. The van der Waals surface area contributed by atoms with Crippen LogP contribution in [0.4, 0.5) is 0 Å². The van der Waals surface area contributed by atoms with Crippen LogP contribution >= 0.6 is 0 Å². The van der Waals surface area contributed by atoms with Gasteiger partial charge in [-0.2, -0.15) is 0 Å². The maximum atomic E-state index is 10.6. The Hall–Kier alpha value is -1.92. The second kappa shape index (κ2) is 12.6. The molecular weight excluding hydrogens is 468 g/mol. The molecule has 0 amide bonds. The van der Waals surface area contributed by atoms with Crippen molar-refractivity contribution < 1.29 is 43.7 Å². The summed E-state index contributed by atoms with van der Waals surface area (Å²) in [5.74, 6) is 0. The fraction of sp³-hybridized carbons (Fsp3) is 0.556. The zero-order valence-electron chi connectivity index (χ0n) is 20.8. The SMILES string of the molecule is COC1OC(C)C(OC2OC(C)C(O)C(O)C2O)C(OCc2ccccc2)C1OCc1ccccc1. The number of benzene rings is 2. The molecule has 0 aromatic heterocycles. The van der Waals surface area contributed by atoms with Gasteiger partial charge in [0.25, 0.3) is 0 Å². The van der Waals surface area contributed by atoms with Crippen LogP contribution in [0.2, 0.25) is 0 Å². The lowest BCUT2D eigenvalue weighted by Crippen LogP contribution is -2.63. The van der Waals surface area contributed by atoms with Crippen LogP contribution in [0.15, 0.2) is 60.7 Å². The van der Waals surface area contributed by atoms with Crippen molar-refractivity contribution in [2.45, 2.75) is 88.5 Å². The van der Waals surface area contributed by atoms with Gasteiger partial charge in [0.05, 0.1) is 25.4 Å². The Labute approximate surface area is 211 Å². The van der Waals surface area contributed by atoms with Crippen LogP contribution in [0.1, 0.15) is 25.0 Å². The van der Waals surface area contributed by atoms with Crippen LogP contribution < -0.4 is 0 Å². The van der Waals surface area contributed by atoms with Crippen LogP contribution in [0.5, 0.6) is 0 Å². The maximum absolute atomic E-state index is 10.6. The summed E-state index contributed by atoms with van der Waals surface area (Å²) in [6.07, 6.45) is -9.39. The van der Waals surface area contributed by atoms with E-state index >= 15 is 0 Å². The summed E-state index contributed by atoms with van der Waals surface area (Å²) in [6.45, 7) is 4.00. The third-order valence-corrected chi connectivity index (χ3v) is 6.63. The van der Waals surface area contributed by atoms with Crippen LogP contribution in [-0.4, -0.2) is 83.8 Å². The van der Waals surface area contributed by atoms with Crippen LogP contribution in [0.25, 0.3) is 0 Å². The van der Waals surface area contributed by atoms with Crippen molar-refractivity contribution >= 4 is 0 Å². The first kappa shape index (κ1) is 27.1. The number of aliphatic hydroxyl groups excluding tert-OH is 3. The Morgan fingerprint density at radius 3 is 1.72 bits per heavy atom. The van der Waals surface area contributed by atoms with E-state index in [0.717, 1.165) is 11.1 Å². The second-order valence-electron chi connectivity index (χ2n) is 9.25. The summed E-state index contributed by atoms with van der Waals surface area (Å²) in [4.78, 5) is 0. The highest BCUT2D eigenvalue weighted by Gasteiger charge is 2.50. The molecule has 9 heteroatoms. The van der Waals surface area contributed by atoms with Crippen LogP contribution in [0, 0.1) is 0 Å². The average Bonchev–Trinajstić information content (AvgIpc) is 2.90. The molecule has 0 radical (unpaired) electrons. The lowest BCUT2D eigenvalue weighted by molar-refractivity contribution is -0.359. The molecule has 0 spiro atoms. The molecule has 2 fully saturated rings. The quantitative estimate of drug-likeness (QED) is 0.470. The first-order valence-corrected chi connectivity index (χ1v) is 12.2. The van der Waals surface area contributed by atoms with Gasteiger partial charge in [0, 0.05) is 7.11 Å². The molecule has 198 valence electrons. The summed E-state index contributed by atoms with van der Waals surface area (Å²) in [5.41, 5.74) is 1.94. The largest absolute Gasteiger partial charge is 0.388 e. The standard InChI is InChI=1S/C27H36O9/c1-16-20(28)21(29)22(30)26(34-16)36-23-17(2)35-27(31-3)25(33-15-19-12-8-5-9-13-19)24(23)32-14-18-10-6-4-7-11-18/h4-13,16-17,20-30H,14-15H2,1-3H3. The van der Waals surface area contributed by atoms with Gasteiger partial charge in [0.2, 0.25) is 0 Å². The minimum atomic E-state index is -1.46. The fourth-order valence-electron chi connectivity index (χ4n) is 4.53. The number of aliphatic hydroxyl groups is 3. The Morgan fingerprint density at radius 2 is 1.17 bits per heavy atom. The van der Waals surface area contributed by atoms with E-state index in [1.807, 2.05) is 67.6 Å². The van der Waals surface area contributed by atoms with Gasteiger partial charge in [-0.1, -0.05) is 60.7 Å². The van der Waals surface area contributed by atoms with Crippen LogP contribution in [0.3, 0.4) is 0 Å². The third-order valence-electron chi connectivity index (χ3n) is 6.63. The topological polar surface area (TPSA) is 116 Å². The molecule has 2 saturated heterocycles. The van der Waals surface area contributed by atoms with Crippen molar-refractivity contribution in [2.75, 3.05) is 7.11 Å². The molecule has 36 heavy (non-hydrogen) atoms. The van der Waals surface area contributed by atoms with Gasteiger partial charge in [-0.25, -0.2) is 0 Å². The van der Waals surface area contributed by atoms with Gasteiger partial charge in [0.1, 0.15) is 36.6 Å². The molecule has 10 atom stereocenters. The minimum absolute atomic E-state index is 0.283. The van der Waals surface area contributed by atoms with E-state index in [1.165, 1.54) is 0 Å². The number of methoxy groups -OCH3 is 1. The highest BCUT2D eigenvalue weighted by atomic mass is 16.7. The van der Waals surface area contributed by atoms with E-state index in [1.54, 1.807) is 14.0 Å². The van der Waals surface area contributed by atoms with Gasteiger partial charge >= 0.3 is 0 Å². The molecule has 0 saturated carbocycles. The Kier molecular flexibility index (Phi) is 9.46. The van der Waals surface area contributed by atoms with Gasteiger partial charge in [-0.05, 0) is 25.0 Å². The summed E-state index contributed by atoms with van der Waals surface area (Å²) >= 11 is 0. The van der Waals surface area contributed by atoms with Crippen molar-refractivity contribution in [1.82, 2.24) is 0 Å². The number of rotatable bonds is 9. The first-order valence-electron chi connectivity index (χ1n) is 12.2. The number of hydrogen-bond donors (Lipinski definition) is 3.